The fraction of sp³-hybridized carbons (Fsp3) is 0.118. The standard InChI is InChI=1S/C17H14F3N5/c18-17(19,20)13-4-2-1-3-11(13)9-24-15-7-8-22-16(25-15)12-5-6-14(21)23-10-12/h1-8,10H,9H2,(H2,21,23)(H,22,24,25). The maximum atomic E-state index is 13.0. The van der Waals surface area contributed by atoms with Crippen LogP contribution in [0.1, 0.15) is 11.1 Å². The second kappa shape index (κ2) is 6.76. The van der Waals surface area contributed by atoms with E-state index in [4.69, 9.17) is 5.73 Å². The van der Waals surface area contributed by atoms with E-state index < -0.39 is 11.7 Å². The Balaban J connectivity index is 1.79. The molecule has 25 heavy (non-hydrogen) atoms. The fourth-order valence-corrected chi connectivity index (χ4v) is 2.27. The van der Waals surface area contributed by atoms with Crippen LogP contribution in [0.15, 0.2) is 54.9 Å². The summed E-state index contributed by atoms with van der Waals surface area (Å²) in [5, 5.41) is 2.90. The number of alkyl halides is 3. The van der Waals surface area contributed by atoms with Crippen LogP contribution in [0.4, 0.5) is 24.8 Å². The third-order valence-corrected chi connectivity index (χ3v) is 3.48. The first-order valence-corrected chi connectivity index (χ1v) is 7.37. The average Bonchev–Trinajstić information content (AvgIpc) is 2.60. The zero-order valence-corrected chi connectivity index (χ0v) is 13.0. The minimum Gasteiger partial charge on any atom is -0.384 e. The Bertz CT molecular complexity index is 863. The number of pyridine rings is 1. The van der Waals surface area contributed by atoms with Crippen molar-refractivity contribution >= 4 is 11.6 Å². The zero-order valence-electron chi connectivity index (χ0n) is 13.0. The summed E-state index contributed by atoms with van der Waals surface area (Å²) in [4.78, 5) is 12.4. The quantitative estimate of drug-likeness (QED) is 0.753. The third kappa shape index (κ3) is 4.03. The Morgan fingerprint density at radius 1 is 1.00 bits per heavy atom. The van der Waals surface area contributed by atoms with Crippen LogP contribution in [0.5, 0.6) is 0 Å². The van der Waals surface area contributed by atoms with E-state index in [9.17, 15) is 13.2 Å². The summed E-state index contributed by atoms with van der Waals surface area (Å²) in [7, 11) is 0. The van der Waals surface area contributed by atoms with E-state index in [0.29, 0.717) is 23.0 Å². The van der Waals surface area contributed by atoms with Crippen LogP contribution in [0, 0.1) is 0 Å². The van der Waals surface area contributed by atoms with E-state index in [1.54, 1.807) is 24.3 Å². The van der Waals surface area contributed by atoms with Crippen molar-refractivity contribution in [2.75, 3.05) is 11.1 Å². The molecular weight excluding hydrogens is 331 g/mol. The number of hydrogen-bond donors (Lipinski definition) is 2. The van der Waals surface area contributed by atoms with Crippen LogP contribution < -0.4 is 11.1 Å². The second-order valence-electron chi connectivity index (χ2n) is 5.25. The molecule has 0 unspecified atom stereocenters. The molecule has 8 heteroatoms. The number of rotatable bonds is 4. The molecule has 0 aliphatic rings. The minimum absolute atomic E-state index is 0.00781. The van der Waals surface area contributed by atoms with E-state index in [1.165, 1.54) is 24.5 Å². The highest BCUT2D eigenvalue weighted by atomic mass is 19.4. The molecule has 0 aliphatic heterocycles. The summed E-state index contributed by atoms with van der Waals surface area (Å²) in [6, 6.07) is 10.4. The lowest BCUT2D eigenvalue weighted by atomic mass is 10.1. The van der Waals surface area contributed by atoms with Crippen LogP contribution in [0.2, 0.25) is 0 Å². The summed E-state index contributed by atoms with van der Waals surface area (Å²) < 4.78 is 39.1. The molecule has 0 radical (unpaired) electrons. The molecule has 5 nitrogen and oxygen atoms in total. The van der Waals surface area contributed by atoms with Gasteiger partial charge in [0.15, 0.2) is 5.82 Å². The molecule has 1 aromatic carbocycles. The van der Waals surface area contributed by atoms with E-state index >= 15 is 0 Å². The minimum atomic E-state index is -4.40. The van der Waals surface area contributed by atoms with Crippen molar-refractivity contribution in [1.29, 1.82) is 0 Å². The number of halogens is 3. The Labute approximate surface area is 141 Å². The molecule has 2 aromatic heterocycles. The summed E-state index contributed by atoms with van der Waals surface area (Å²) in [5.41, 5.74) is 5.68. The smallest absolute Gasteiger partial charge is 0.384 e. The summed E-state index contributed by atoms with van der Waals surface area (Å²) in [6.45, 7) is -0.00781. The first-order valence-electron chi connectivity index (χ1n) is 7.37. The molecule has 0 fully saturated rings. The topological polar surface area (TPSA) is 76.7 Å². The lowest BCUT2D eigenvalue weighted by Gasteiger charge is -2.13. The first-order chi connectivity index (χ1) is 11.9. The zero-order chi connectivity index (χ0) is 17.9. The monoisotopic (exact) mass is 345 g/mol. The molecule has 0 saturated carbocycles. The van der Waals surface area contributed by atoms with Crippen molar-refractivity contribution in [3.8, 4) is 11.4 Å². The maximum absolute atomic E-state index is 13.0. The first kappa shape index (κ1) is 16.7. The Morgan fingerprint density at radius 3 is 2.52 bits per heavy atom. The molecule has 2 heterocycles. The number of anilines is 2. The Morgan fingerprint density at radius 2 is 1.80 bits per heavy atom. The SMILES string of the molecule is Nc1ccc(-c2nccc(NCc3ccccc3C(F)(F)F)n2)cn1. The summed E-state index contributed by atoms with van der Waals surface area (Å²) in [6.07, 6.45) is -1.34. The van der Waals surface area contributed by atoms with E-state index in [1.807, 2.05) is 0 Å². The van der Waals surface area contributed by atoms with Gasteiger partial charge in [-0.2, -0.15) is 13.2 Å². The van der Waals surface area contributed by atoms with Gasteiger partial charge in [-0.05, 0) is 29.8 Å². The molecule has 128 valence electrons. The second-order valence-corrected chi connectivity index (χ2v) is 5.25. The molecule has 0 amide bonds. The number of benzene rings is 1. The molecule has 0 atom stereocenters. The van der Waals surface area contributed by atoms with Gasteiger partial charge >= 0.3 is 6.18 Å². The van der Waals surface area contributed by atoms with Crippen molar-refractivity contribution in [2.45, 2.75) is 12.7 Å². The van der Waals surface area contributed by atoms with Gasteiger partial charge in [-0.1, -0.05) is 18.2 Å². The van der Waals surface area contributed by atoms with Crippen LogP contribution in [-0.2, 0) is 12.7 Å². The molecule has 0 spiro atoms. The van der Waals surface area contributed by atoms with Crippen molar-refractivity contribution < 1.29 is 13.2 Å². The number of nitrogens with zero attached hydrogens (tertiary/aromatic N) is 3. The van der Waals surface area contributed by atoms with Gasteiger partial charge in [0, 0.05) is 24.5 Å². The van der Waals surface area contributed by atoms with Gasteiger partial charge in [0.1, 0.15) is 11.6 Å². The highest BCUT2D eigenvalue weighted by Gasteiger charge is 2.32. The molecule has 0 aliphatic carbocycles. The van der Waals surface area contributed by atoms with E-state index in [0.717, 1.165) is 6.07 Å². The van der Waals surface area contributed by atoms with E-state index in [-0.39, 0.29) is 12.1 Å². The van der Waals surface area contributed by atoms with Gasteiger partial charge in [0.05, 0.1) is 5.56 Å². The van der Waals surface area contributed by atoms with Gasteiger partial charge in [-0.25, -0.2) is 15.0 Å². The van der Waals surface area contributed by atoms with Gasteiger partial charge in [0.25, 0.3) is 0 Å². The summed E-state index contributed by atoms with van der Waals surface area (Å²) >= 11 is 0. The lowest BCUT2D eigenvalue weighted by Crippen LogP contribution is -2.12. The van der Waals surface area contributed by atoms with Gasteiger partial charge < -0.3 is 11.1 Å². The molecule has 3 N–H and O–H groups in total. The van der Waals surface area contributed by atoms with Crippen molar-refractivity contribution in [2.24, 2.45) is 0 Å². The molecule has 3 aromatic rings. The molecular formula is C17H14F3N5. The Kier molecular flexibility index (Phi) is 4.51. The lowest BCUT2D eigenvalue weighted by molar-refractivity contribution is -0.138. The normalized spacial score (nSPS) is 11.3. The highest BCUT2D eigenvalue weighted by molar-refractivity contribution is 5.57. The van der Waals surface area contributed by atoms with Crippen LogP contribution in [-0.4, -0.2) is 15.0 Å². The van der Waals surface area contributed by atoms with Gasteiger partial charge in [-0.15, -0.1) is 0 Å². The maximum Gasteiger partial charge on any atom is 0.416 e. The van der Waals surface area contributed by atoms with Crippen LogP contribution in [0.3, 0.4) is 0 Å². The predicted molar refractivity (Wildman–Crippen MR) is 88.4 cm³/mol. The molecule has 0 saturated heterocycles. The average molecular weight is 345 g/mol. The number of aromatic nitrogens is 3. The molecule has 0 bridgehead atoms. The number of nitrogens with two attached hydrogens (primary N) is 1. The number of nitrogen functional groups attached to an aromatic ring is 1. The largest absolute Gasteiger partial charge is 0.416 e. The highest BCUT2D eigenvalue weighted by Crippen LogP contribution is 2.32. The Hall–Kier alpha value is -3.16. The number of hydrogen-bond acceptors (Lipinski definition) is 5. The van der Waals surface area contributed by atoms with Crippen molar-refractivity contribution in [3.05, 3.63) is 66.0 Å². The van der Waals surface area contributed by atoms with E-state index in [2.05, 4.69) is 20.3 Å². The van der Waals surface area contributed by atoms with Gasteiger partial charge in [0.2, 0.25) is 0 Å². The van der Waals surface area contributed by atoms with Crippen molar-refractivity contribution in [1.82, 2.24) is 15.0 Å². The van der Waals surface area contributed by atoms with Gasteiger partial charge in [-0.3, -0.25) is 0 Å². The third-order valence-electron chi connectivity index (χ3n) is 3.48. The molecule has 3 rings (SSSR count). The van der Waals surface area contributed by atoms with Crippen LogP contribution >= 0.6 is 0 Å². The predicted octanol–water partition coefficient (Wildman–Crippen LogP) is 3.75. The fourth-order valence-electron chi connectivity index (χ4n) is 2.27. The van der Waals surface area contributed by atoms with Crippen molar-refractivity contribution in [3.63, 3.8) is 0 Å². The van der Waals surface area contributed by atoms with Crippen LogP contribution in [0.25, 0.3) is 11.4 Å². The number of nitrogens with one attached hydrogen (secondary N) is 1. The summed E-state index contributed by atoms with van der Waals surface area (Å²) in [5.74, 6) is 1.20.